The molecule has 59 heavy (non-hydrogen) atoms. The first-order valence-corrected chi connectivity index (χ1v) is 21.9. The topological polar surface area (TPSA) is 36.4 Å². The Hall–Kier alpha value is -5.77. The number of benzene rings is 5. The third kappa shape index (κ3) is 6.90. The van der Waals surface area contributed by atoms with Crippen LogP contribution < -0.4 is 4.74 Å². The molecule has 13 rings (SSSR count). The second kappa shape index (κ2) is 14.8. The predicted molar refractivity (Wildman–Crippen MR) is 238 cm³/mol. The van der Waals surface area contributed by atoms with Crippen LogP contribution in [0, 0.1) is 3.80 Å². The van der Waals surface area contributed by atoms with E-state index in [0.717, 1.165) is 68.9 Å². The summed E-state index contributed by atoms with van der Waals surface area (Å²) in [6.45, 7) is 11.5. The molecule has 0 N–H and O–H groups in total. The number of hydrogen-bond donors (Lipinski definition) is 0. The molecule has 4 bridgehead atoms. The Morgan fingerprint density at radius 1 is 0.644 bits per heavy atom. The molecule has 5 aromatic carbocycles. The van der Waals surface area contributed by atoms with Gasteiger partial charge in [-0.25, -0.2) is 0 Å². The summed E-state index contributed by atoms with van der Waals surface area (Å²) in [5, 5.41) is 2.35. The molecular weight excluding hydrogens is 904 g/mol. The molecule has 9 aromatic rings. The van der Waals surface area contributed by atoms with Gasteiger partial charge in [-0.15, -0.1) is 0 Å². The van der Waals surface area contributed by atoms with Crippen LogP contribution in [0.2, 0.25) is 0 Å². The molecule has 4 aromatic heterocycles. The van der Waals surface area contributed by atoms with Crippen molar-refractivity contribution >= 4 is 27.3 Å². The first-order valence-electron chi connectivity index (χ1n) is 20.8. The summed E-state index contributed by atoms with van der Waals surface area (Å²) in [6.07, 6.45) is 8.23. The maximum absolute atomic E-state index is 6.76. The van der Waals surface area contributed by atoms with Gasteiger partial charge in [0.1, 0.15) is 0 Å². The first-order chi connectivity index (χ1) is 28.6. The second-order valence-corrected chi connectivity index (χ2v) is 18.4. The summed E-state index contributed by atoms with van der Waals surface area (Å²) in [4.78, 5) is 4.91. The van der Waals surface area contributed by atoms with Gasteiger partial charge in [0.05, 0.1) is 0 Å². The quantitative estimate of drug-likeness (QED) is 0.167. The van der Waals surface area contributed by atoms with Gasteiger partial charge in [0, 0.05) is 6.20 Å². The minimum absolute atomic E-state index is 0.112. The van der Waals surface area contributed by atoms with Crippen LogP contribution >= 0.6 is 0 Å². The molecule has 5 nitrogen and oxygen atoms in total. The van der Waals surface area contributed by atoms with Gasteiger partial charge >= 0.3 is 274 Å². The Labute approximate surface area is 357 Å². The Kier molecular flexibility index (Phi) is 9.41. The number of nitrogens with zero attached hydrogens (tertiary/aromatic N) is 4. The van der Waals surface area contributed by atoms with Crippen molar-refractivity contribution in [3.63, 3.8) is 0 Å². The van der Waals surface area contributed by atoms with Crippen molar-refractivity contribution in [3.8, 4) is 34.1 Å². The number of fused-ring (bicyclic) bond motifs is 3. The molecule has 6 heteroatoms. The van der Waals surface area contributed by atoms with Crippen molar-refractivity contribution in [2.75, 3.05) is 0 Å². The normalized spacial score (nSPS) is 13.2. The Morgan fingerprint density at radius 3 is 2.29 bits per heavy atom. The van der Waals surface area contributed by atoms with Gasteiger partial charge in [-0.05, 0) is 28.7 Å². The van der Waals surface area contributed by atoms with Crippen LogP contribution in [-0.2, 0) is 50.5 Å². The van der Waals surface area contributed by atoms with Crippen LogP contribution in [0.15, 0.2) is 146 Å². The second-order valence-electron chi connectivity index (χ2n) is 17.4. The zero-order chi connectivity index (χ0) is 40.4. The Balaban J connectivity index is 1.03. The molecule has 0 atom stereocenters. The van der Waals surface area contributed by atoms with Crippen molar-refractivity contribution in [2.45, 2.75) is 71.6 Å². The van der Waals surface area contributed by atoms with E-state index in [1.807, 2.05) is 6.20 Å². The molecule has 0 amide bonds. The summed E-state index contributed by atoms with van der Waals surface area (Å²) in [5.74, 6) is 2.86. The van der Waals surface area contributed by atoms with E-state index in [1.165, 1.54) is 55.5 Å². The molecule has 2 aliphatic carbocycles. The first kappa shape index (κ1) is 37.5. The summed E-state index contributed by atoms with van der Waals surface area (Å²) in [7, 11) is 0. The third-order valence-electron chi connectivity index (χ3n) is 12.1. The van der Waals surface area contributed by atoms with Crippen molar-refractivity contribution in [2.24, 2.45) is 0 Å². The SMILES string of the molecule is CC(C)c1ccnc(-n2c3ccc(-c4ccccc4)cc3c3ccc(Oc4cccc(-n5cc6c7ccc(n6[c]5=[Pt])CCc5ccc(c(C(C)(C)C)c5)CC7)c4)cc32)c1. The number of ether oxygens (including phenoxy) is 1. The van der Waals surface area contributed by atoms with Gasteiger partial charge in [-0.2, -0.15) is 0 Å². The molecule has 6 heterocycles. The zero-order valence-electron chi connectivity index (χ0n) is 34.3. The standard InChI is InChI=1S/C53H48N4O.Pt/c1-35(2)40-26-27-54-52(30-40)57-49-25-20-41(37-10-7-6-8-11-37)29-47(49)46-24-23-45(32-50(46)57)58-44-13-9-12-43(31-44)55-33-51-39-18-17-38-16-14-36(28-48(38)53(3,4)5)15-21-42(22-19-39)56(51)34-55;/h6-14,16,19-20,22-33,35H,15,17-18,21H2,1-5H3;. The third-order valence-corrected chi connectivity index (χ3v) is 13.2. The Bertz CT molecular complexity index is 3120. The van der Waals surface area contributed by atoms with E-state index >= 15 is 0 Å². The Morgan fingerprint density at radius 2 is 1.46 bits per heavy atom. The van der Waals surface area contributed by atoms with Crippen molar-refractivity contribution in [3.05, 3.63) is 183 Å². The van der Waals surface area contributed by atoms with Gasteiger partial charge in [-0.1, -0.05) is 50.2 Å². The van der Waals surface area contributed by atoms with Gasteiger partial charge in [0.15, 0.2) is 0 Å². The van der Waals surface area contributed by atoms with Crippen molar-refractivity contribution in [1.29, 1.82) is 0 Å². The van der Waals surface area contributed by atoms with E-state index < -0.39 is 0 Å². The van der Waals surface area contributed by atoms with Gasteiger partial charge < -0.3 is 0 Å². The van der Waals surface area contributed by atoms with Crippen LogP contribution in [0.25, 0.3) is 50.0 Å². The summed E-state index contributed by atoms with van der Waals surface area (Å²) < 4.78 is 15.0. The molecule has 296 valence electrons. The van der Waals surface area contributed by atoms with Crippen LogP contribution in [0.5, 0.6) is 11.5 Å². The maximum atomic E-state index is 6.76. The average molecular weight is 952 g/mol. The van der Waals surface area contributed by atoms with E-state index in [0.29, 0.717) is 5.92 Å². The van der Waals surface area contributed by atoms with Crippen LogP contribution in [0.4, 0.5) is 0 Å². The number of imidazole rings is 1. The number of aryl methyl sites for hydroxylation is 4. The van der Waals surface area contributed by atoms with E-state index in [1.54, 1.807) is 0 Å². The van der Waals surface area contributed by atoms with Gasteiger partial charge in [-0.3, -0.25) is 0 Å². The zero-order valence-corrected chi connectivity index (χ0v) is 36.5. The number of rotatable bonds is 6. The van der Waals surface area contributed by atoms with E-state index in [-0.39, 0.29) is 5.41 Å². The van der Waals surface area contributed by atoms with E-state index in [2.05, 4.69) is 207 Å². The minimum atomic E-state index is 0.112. The van der Waals surface area contributed by atoms with Crippen LogP contribution in [0.1, 0.15) is 74.0 Å². The molecule has 0 radical (unpaired) electrons. The van der Waals surface area contributed by atoms with Gasteiger partial charge in [0.2, 0.25) is 0 Å². The average Bonchev–Trinajstić information content (AvgIpc) is 3.76. The fraction of sp³-hybridized carbons (Fsp3) is 0.208. The predicted octanol–water partition coefficient (Wildman–Crippen LogP) is 13.1. The van der Waals surface area contributed by atoms with Crippen molar-refractivity contribution in [1.82, 2.24) is 18.5 Å². The van der Waals surface area contributed by atoms with Crippen LogP contribution in [-0.4, -0.2) is 18.5 Å². The summed E-state index contributed by atoms with van der Waals surface area (Å²) in [5.41, 5.74) is 15.3. The van der Waals surface area contributed by atoms with E-state index in [4.69, 9.17) is 9.72 Å². The number of pyridine rings is 2. The fourth-order valence-corrected chi connectivity index (χ4v) is 10.0. The van der Waals surface area contributed by atoms with Gasteiger partial charge in [0.25, 0.3) is 0 Å². The fourth-order valence-electron chi connectivity index (χ4n) is 8.96. The number of hydrogen-bond acceptors (Lipinski definition) is 2. The summed E-state index contributed by atoms with van der Waals surface area (Å²) in [6, 6.07) is 48.5. The molecule has 0 saturated carbocycles. The molecule has 4 aliphatic rings. The molecule has 2 aliphatic heterocycles. The van der Waals surface area contributed by atoms with E-state index in [9.17, 15) is 0 Å². The van der Waals surface area contributed by atoms with Crippen LogP contribution in [0.3, 0.4) is 0 Å². The number of aromatic nitrogens is 4. The van der Waals surface area contributed by atoms with Crippen molar-refractivity contribution < 1.29 is 24.1 Å². The molecule has 0 saturated heterocycles. The molecule has 0 unspecified atom stereocenters. The summed E-state index contributed by atoms with van der Waals surface area (Å²) >= 11 is 2.51. The molecule has 0 fully saturated rings. The molecule has 0 spiro atoms. The monoisotopic (exact) mass is 951 g/mol. The molecular formula is C53H48N4OPt.